The van der Waals surface area contributed by atoms with Crippen molar-refractivity contribution in [3.8, 4) is 0 Å². The molecule has 2 fully saturated rings. The van der Waals surface area contributed by atoms with Gasteiger partial charge >= 0.3 is 0 Å². The number of benzene rings is 1. The molecule has 3 unspecified atom stereocenters. The van der Waals surface area contributed by atoms with E-state index in [0.717, 1.165) is 17.5 Å². The molecule has 4 heteroatoms. The molecule has 3 atom stereocenters. The van der Waals surface area contributed by atoms with Crippen LogP contribution in [-0.4, -0.2) is 29.8 Å². The van der Waals surface area contributed by atoms with Crippen molar-refractivity contribution in [2.45, 2.75) is 46.0 Å². The molecule has 4 nitrogen and oxygen atoms in total. The zero-order valence-electron chi connectivity index (χ0n) is 14.8. The largest absolute Gasteiger partial charge is 0.339 e. The van der Waals surface area contributed by atoms with Crippen LogP contribution in [0.4, 0.5) is 5.69 Å². The number of anilines is 1. The molecule has 0 saturated heterocycles. The normalized spacial score (nSPS) is 24.8. The van der Waals surface area contributed by atoms with E-state index in [1.165, 1.54) is 25.7 Å². The van der Waals surface area contributed by atoms with Crippen molar-refractivity contribution in [1.82, 2.24) is 4.90 Å². The van der Waals surface area contributed by atoms with Crippen molar-refractivity contribution in [3.63, 3.8) is 0 Å². The van der Waals surface area contributed by atoms with Crippen LogP contribution >= 0.6 is 0 Å². The summed E-state index contributed by atoms with van der Waals surface area (Å²) in [6, 6.07) is 7.30. The maximum absolute atomic E-state index is 12.4. The van der Waals surface area contributed by atoms with Gasteiger partial charge in [-0.1, -0.05) is 12.5 Å². The summed E-state index contributed by atoms with van der Waals surface area (Å²) in [6.07, 6.45) is 5.83. The number of amides is 2. The Morgan fingerprint density at radius 1 is 1.17 bits per heavy atom. The second-order valence-corrected chi connectivity index (χ2v) is 7.25. The summed E-state index contributed by atoms with van der Waals surface area (Å²) >= 11 is 0. The predicted molar refractivity (Wildman–Crippen MR) is 95.9 cm³/mol. The van der Waals surface area contributed by atoms with Crippen molar-refractivity contribution in [1.29, 1.82) is 0 Å². The smallest absolute Gasteiger partial charge is 0.253 e. The van der Waals surface area contributed by atoms with Crippen molar-refractivity contribution < 1.29 is 9.59 Å². The Bertz CT molecular complexity index is 609. The highest BCUT2D eigenvalue weighted by atomic mass is 16.2. The fraction of sp³-hybridized carbons (Fsp3) is 0.600. The van der Waals surface area contributed by atoms with Gasteiger partial charge in [0.2, 0.25) is 5.91 Å². The molecule has 1 N–H and O–H groups in total. The Kier molecular flexibility index (Phi) is 5.22. The van der Waals surface area contributed by atoms with E-state index in [1.807, 2.05) is 32.0 Å². The lowest BCUT2D eigenvalue weighted by molar-refractivity contribution is -0.117. The number of nitrogens with one attached hydrogen (secondary N) is 1. The molecule has 0 spiro atoms. The van der Waals surface area contributed by atoms with Gasteiger partial charge in [-0.25, -0.2) is 0 Å². The van der Waals surface area contributed by atoms with Gasteiger partial charge in [0.05, 0.1) is 0 Å². The van der Waals surface area contributed by atoms with Crippen LogP contribution in [-0.2, 0) is 4.79 Å². The topological polar surface area (TPSA) is 49.4 Å². The molecule has 0 aliphatic heterocycles. The Morgan fingerprint density at radius 3 is 2.58 bits per heavy atom. The number of nitrogens with zero attached hydrogens (tertiary/aromatic N) is 1. The van der Waals surface area contributed by atoms with E-state index in [2.05, 4.69) is 5.32 Å². The lowest BCUT2D eigenvalue weighted by Gasteiger charge is -2.21. The van der Waals surface area contributed by atoms with Gasteiger partial charge in [0.15, 0.2) is 0 Å². The van der Waals surface area contributed by atoms with Crippen LogP contribution in [0.15, 0.2) is 24.3 Å². The molecule has 2 amide bonds. The van der Waals surface area contributed by atoms with Crippen LogP contribution < -0.4 is 5.32 Å². The highest BCUT2D eigenvalue weighted by Crippen LogP contribution is 2.49. The van der Waals surface area contributed by atoms with E-state index < -0.39 is 0 Å². The quantitative estimate of drug-likeness (QED) is 0.860. The molecular formula is C20H28N2O2. The maximum atomic E-state index is 12.4. The van der Waals surface area contributed by atoms with E-state index in [9.17, 15) is 9.59 Å². The molecule has 1 aromatic carbocycles. The Labute approximate surface area is 144 Å². The fourth-order valence-corrected chi connectivity index (χ4v) is 4.50. The van der Waals surface area contributed by atoms with E-state index in [4.69, 9.17) is 0 Å². The molecule has 3 rings (SSSR count). The highest BCUT2D eigenvalue weighted by Gasteiger charge is 2.40. The first-order valence-electron chi connectivity index (χ1n) is 9.29. The molecule has 24 heavy (non-hydrogen) atoms. The molecular weight excluding hydrogens is 300 g/mol. The Morgan fingerprint density at radius 2 is 1.96 bits per heavy atom. The van der Waals surface area contributed by atoms with Gasteiger partial charge in [0, 0.05) is 30.8 Å². The third kappa shape index (κ3) is 3.63. The third-order valence-corrected chi connectivity index (χ3v) is 5.78. The summed E-state index contributed by atoms with van der Waals surface area (Å²) in [7, 11) is 0. The van der Waals surface area contributed by atoms with Crippen molar-refractivity contribution in [3.05, 3.63) is 29.8 Å². The maximum Gasteiger partial charge on any atom is 0.253 e. The van der Waals surface area contributed by atoms with Gasteiger partial charge in [0.25, 0.3) is 5.91 Å². The molecule has 0 radical (unpaired) electrons. The van der Waals surface area contributed by atoms with E-state index in [-0.39, 0.29) is 11.8 Å². The van der Waals surface area contributed by atoms with Crippen LogP contribution in [0.3, 0.4) is 0 Å². The molecule has 130 valence electrons. The minimum Gasteiger partial charge on any atom is -0.339 e. The van der Waals surface area contributed by atoms with Gasteiger partial charge in [-0.3, -0.25) is 9.59 Å². The van der Waals surface area contributed by atoms with Crippen LogP contribution in [0.25, 0.3) is 0 Å². The first-order valence-corrected chi connectivity index (χ1v) is 9.29. The van der Waals surface area contributed by atoms with Gasteiger partial charge in [0.1, 0.15) is 0 Å². The number of carbonyl (C=O) groups excluding carboxylic acids is 2. The average Bonchev–Trinajstić information content (AvgIpc) is 3.18. The molecule has 0 aromatic heterocycles. The number of fused-ring (bicyclic) bond motifs is 2. The van der Waals surface area contributed by atoms with Gasteiger partial charge < -0.3 is 10.2 Å². The number of rotatable bonds is 6. The van der Waals surface area contributed by atoms with Gasteiger partial charge in [-0.05, 0) is 69.1 Å². The van der Waals surface area contributed by atoms with Crippen molar-refractivity contribution >= 4 is 17.5 Å². The van der Waals surface area contributed by atoms with Crippen LogP contribution in [0, 0.1) is 17.8 Å². The highest BCUT2D eigenvalue weighted by molar-refractivity contribution is 5.97. The van der Waals surface area contributed by atoms with Crippen LogP contribution in [0.5, 0.6) is 0 Å². The summed E-state index contributed by atoms with van der Waals surface area (Å²) < 4.78 is 0. The zero-order valence-corrected chi connectivity index (χ0v) is 14.8. The Hall–Kier alpha value is -1.84. The lowest BCUT2D eigenvalue weighted by atomic mass is 9.86. The SMILES string of the molecule is CCN(CC)C(=O)c1cccc(NC(=O)CC2CC3CCC2C3)c1. The lowest BCUT2D eigenvalue weighted by Crippen LogP contribution is -2.30. The summed E-state index contributed by atoms with van der Waals surface area (Å²) in [4.78, 5) is 26.6. The summed E-state index contributed by atoms with van der Waals surface area (Å²) in [5, 5.41) is 2.99. The minimum atomic E-state index is 0.0178. The van der Waals surface area contributed by atoms with Crippen LogP contribution in [0.1, 0.15) is 56.3 Å². The average molecular weight is 328 g/mol. The van der Waals surface area contributed by atoms with Gasteiger partial charge in [-0.2, -0.15) is 0 Å². The number of carbonyl (C=O) groups is 2. The van der Waals surface area contributed by atoms with Crippen molar-refractivity contribution in [2.24, 2.45) is 17.8 Å². The van der Waals surface area contributed by atoms with Gasteiger partial charge in [-0.15, -0.1) is 0 Å². The molecule has 0 heterocycles. The molecule has 2 bridgehead atoms. The number of hydrogen-bond donors (Lipinski definition) is 1. The first-order chi connectivity index (χ1) is 11.6. The van der Waals surface area contributed by atoms with E-state index >= 15 is 0 Å². The predicted octanol–water partition coefficient (Wildman–Crippen LogP) is 3.93. The fourth-order valence-electron chi connectivity index (χ4n) is 4.50. The minimum absolute atomic E-state index is 0.0178. The third-order valence-electron chi connectivity index (χ3n) is 5.78. The molecule has 2 aliphatic rings. The summed E-state index contributed by atoms with van der Waals surface area (Å²) in [5.41, 5.74) is 1.36. The first kappa shape index (κ1) is 17.0. The number of hydrogen-bond acceptors (Lipinski definition) is 2. The summed E-state index contributed by atoms with van der Waals surface area (Å²) in [6.45, 7) is 5.33. The molecule has 2 aliphatic carbocycles. The standard InChI is InChI=1S/C20H28N2O2/c1-3-22(4-2)20(24)16-6-5-7-18(12-16)21-19(23)13-17-11-14-8-9-15(17)10-14/h5-7,12,14-15,17H,3-4,8-11,13H2,1-2H3,(H,21,23). The second-order valence-electron chi connectivity index (χ2n) is 7.25. The molecule has 2 saturated carbocycles. The molecule has 1 aromatic rings. The van der Waals surface area contributed by atoms with Crippen molar-refractivity contribution in [2.75, 3.05) is 18.4 Å². The Balaban J connectivity index is 1.60. The second kappa shape index (κ2) is 7.37. The van der Waals surface area contributed by atoms with E-state index in [0.29, 0.717) is 31.0 Å². The monoisotopic (exact) mass is 328 g/mol. The summed E-state index contributed by atoms with van der Waals surface area (Å²) in [5.74, 6) is 2.28. The van der Waals surface area contributed by atoms with E-state index in [1.54, 1.807) is 11.0 Å². The zero-order chi connectivity index (χ0) is 17.1. The van der Waals surface area contributed by atoms with Crippen LogP contribution in [0.2, 0.25) is 0 Å².